The van der Waals surface area contributed by atoms with Crippen molar-refractivity contribution in [2.75, 3.05) is 12.3 Å². The lowest BCUT2D eigenvalue weighted by atomic mass is 9.70. The van der Waals surface area contributed by atoms with Gasteiger partial charge in [0.25, 0.3) is 5.91 Å². The largest absolute Gasteiger partial charge is 0.416 e. The van der Waals surface area contributed by atoms with E-state index < -0.39 is 27.5 Å². The Bertz CT molecular complexity index is 905. The van der Waals surface area contributed by atoms with Crippen LogP contribution in [0.2, 0.25) is 5.02 Å². The predicted molar refractivity (Wildman–Crippen MR) is 115 cm³/mol. The maximum absolute atomic E-state index is 12.8. The summed E-state index contributed by atoms with van der Waals surface area (Å²) in [6.07, 6.45) is 1.94. The molecule has 1 N–H and O–H groups in total. The van der Waals surface area contributed by atoms with E-state index in [9.17, 15) is 26.4 Å². The molecular formula is C22H29ClF3NO3S. The van der Waals surface area contributed by atoms with Crippen LogP contribution < -0.4 is 5.32 Å². The second-order valence-electron chi connectivity index (χ2n) is 9.09. The summed E-state index contributed by atoms with van der Waals surface area (Å²) in [6, 6.07) is 2.72. The van der Waals surface area contributed by atoms with E-state index in [0.717, 1.165) is 50.3 Å². The van der Waals surface area contributed by atoms with Gasteiger partial charge in [0.2, 0.25) is 0 Å². The van der Waals surface area contributed by atoms with Crippen LogP contribution in [-0.4, -0.2) is 31.9 Å². The minimum absolute atomic E-state index is 0.00967. The highest BCUT2D eigenvalue weighted by molar-refractivity contribution is 7.92. The summed E-state index contributed by atoms with van der Waals surface area (Å²) in [6.45, 7) is 2.24. The van der Waals surface area contributed by atoms with Crippen LogP contribution in [0.1, 0.15) is 74.2 Å². The van der Waals surface area contributed by atoms with Gasteiger partial charge in [-0.05, 0) is 68.1 Å². The monoisotopic (exact) mass is 479 g/mol. The van der Waals surface area contributed by atoms with Crippen molar-refractivity contribution >= 4 is 27.3 Å². The average Bonchev–Trinajstić information content (AvgIpc) is 3.49. The minimum atomic E-state index is -4.52. The van der Waals surface area contributed by atoms with Crippen LogP contribution in [-0.2, 0) is 16.0 Å². The number of hydrogen-bond acceptors (Lipinski definition) is 3. The normalized spacial score (nSPS) is 24.7. The first-order chi connectivity index (χ1) is 14.5. The van der Waals surface area contributed by atoms with E-state index in [-0.39, 0.29) is 27.0 Å². The summed E-state index contributed by atoms with van der Waals surface area (Å²) in [5, 5.41) is 2.31. The third-order valence-electron chi connectivity index (χ3n) is 6.57. The van der Waals surface area contributed by atoms with Crippen molar-refractivity contribution in [2.45, 2.75) is 69.7 Å². The van der Waals surface area contributed by atoms with Gasteiger partial charge < -0.3 is 5.32 Å². The van der Waals surface area contributed by atoms with E-state index in [1.165, 1.54) is 0 Å². The minimum Gasteiger partial charge on any atom is -0.351 e. The van der Waals surface area contributed by atoms with Gasteiger partial charge >= 0.3 is 6.18 Å². The molecule has 4 nitrogen and oxygen atoms in total. The van der Waals surface area contributed by atoms with Crippen LogP contribution in [0.25, 0.3) is 0 Å². The molecule has 1 aromatic carbocycles. The molecule has 3 rings (SSSR count). The molecule has 2 aliphatic rings. The highest BCUT2D eigenvalue weighted by Crippen LogP contribution is 2.48. The summed E-state index contributed by atoms with van der Waals surface area (Å²) in [5.74, 6) is 0.307. The molecular weight excluding hydrogens is 451 g/mol. The molecule has 0 spiro atoms. The molecule has 0 heterocycles. The molecule has 9 heteroatoms. The fourth-order valence-electron chi connectivity index (χ4n) is 4.64. The Balaban J connectivity index is 1.67. The maximum atomic E-state index is 12.8. The Kier molecular flexibility index (Phi) is 7.31. The molecule has 0 radical (unpaired) electrons. The Morgan fingerprint density at radius 3 is 2.35 bits per heavy atom. The van der Waals surface area contributed by atoms with E-state index in [2.05, 4.69) is 5.32 Å². The van der Waals surface area contributed by atoms with Gasteiger partial charge in [0.05, 0.1) is 27.2 Å². The van der Waals surface area contributed by atoms with Gasteiger partial charge in [0.1, 0.15) is 0 Å². The molecule has 0 bridgehead atoms. The lowest BCUT2D eigenvalue weighted by molar-refractivity contribution is -0.137. The Morgan fingerprint density at radius 2 is 1.84 bits per heavy atom. The molecule has 1 amide bonds. The molecule has 2 fully saturated rings. The third kappa shape index (κ3) is 6.15. The molecule has 1 aromatic rings. The third-order valence-corrected chi connectivity index (χ3v) is 9.35. The Labute approximate surface area is 186 Å². The maximum Gasteiger partial charge on any atom is 0.416 e. The van der Waals surface area contributed by atoms with Crippen molar-refractivity contribution in [1.29, 1.82) is 0 Å². The zero-order valence-electron chi connectivity index (χ0n) is 17.6. The van der Waals surface area contributed by atoms with Crippen molar-refractivity contribution in [1.82, 2.24) is 5.32 Å². The highest BCUT2D eigenvalue weighted by atomic mass is 35.5. The van der Waals surface area contributed by atoms with Crippen molar-refractivity contribution in [3.8, 4) is 0 Å². The van der Waals surface area contributed by atoms with Gasteiger partial charge in [-0.25, -0.2) is 8.42 Å². The van der Waals surface area contributed by atoms with Crippen LogP contribution in [0.4, 0.5) is 13.2 Å². The molecule has 0 aromatic heterocycles. The number of nitrogens with one attached hydrogen (secondary N) is 1. The number of hydrogen-bond donors (Lipinski definition) is 1. The molecule has 0 aliphatic heterocycles. The van der Waals surface area contributed by atoms with Gasteiger partial charge in [-0.2, -0.15) is 13.2 Å². The molecule has 2 saturated carbocycles. The predicted octanol–water partition coefficient (Wildman–Crippen LogP) is 5.64. The second kappa shape index (κ2) is 9.30. The topological polar surface area (TPSA) is 63.2 Å². The summed E-state index contributed by atoms with van der Waals surface area (Å²) in [5.41, 5.74) is -1.06. The Hall–Kier alpha value is -1.28. The van der Waals surface area contributed by atoms with Gasteiger partial charge in [-0.15, -0.1) is 0 Å². The van der Waals surface area contributed by atoms with Crippen LogP contribution >= 0.6 is 11.6 Å². The molecule has 174 valence electrons. The summed E-state index contributed by atoms with van der Waals surface area (Å²) in [4.78, 5) is 12.6. The first-order valence-electron chi connectivity index (χ1n) is 10.8. The van der Waals surface area contributed by atoms with Crippen molar-refractivity contribution in [3.63, 3.8) is 0 Å². The quantitative estimate of drug-likeness (QED) is 0.524. The first-order valence-corrected chi connectivity index (χ1v) is 12.9. The lowest BCUT2D eigenvalue weighted by Gasteiger charge is -2.40. The molecule has 0 unspecified atom stereocenters. The zero-order valence-corrected chi connectivity index (χ0v) is 19.2. The summed E-state index contributed by atoms with van der Waals surface area (Å²) in [7, 11) is -3.09. The highest BCUT2D eigenvalue weighted by Gasteiger charge is 2.42. The van der Waals surface area contributed by atoms with Crippen molar-refractivity contribution in [2.24, 2.45) is 11.3 Å². The average molecular weight is 480 g/mol. The van der Waals surface area contributed by atoms with Crippen molar-refractivity contribution < 1.29 is 26.4 Å². The van der Waals surface area contributed by atoms with Gasteiger partial charge in [-0.1, -0.05) is 31.4 Å². The van der Waals surface area contributed by atoms with E-state index in [0.29, 0.717) is 31.7 Å². The number of benzene rings is 1. The summed E-state index contributed by atoms with van der Waals surface area (Å²) < 4.78 is 63.4. The van der Waals surface area contributed by atoms with Crippen LogP contribution in [0.15, 0.2) is 18.2 Å². The first kappa shape index (κ1) is 24.4. The fraction of sp³-hybridized carbons (Fsp3) is 0.682. The smallest absolute Gasteiger partial charge is 0.351 e. The summed E-state index contributed by atoms with van der Waals surface area (Å²) >= 11 is 5.95. The van der Waals surface area contributed by atoms with E-state index in [1.54, 1.807) is 0 Å². The molecule has 0 saturated heterocycles. The number of rotatable bonds is 8. The van der Waals surface area contributed by atoms with E-state index >= 15 is 0 Å². The number of sulfone groups is 1. The number of alkyl halides is 3. The van der Waals surface area contributed by atoms with Crippen LogP contribution in [0.5, 0.6) is 0 Å². The molecule has 0 atom stereocenters. The Morgan fingerprint density at radius 1 is 1.19 bits per heavy atom. The van der Waals surface area contributed by atoms with Crippen molar-refractivity contribution in [3.05, 3.63) is 34.3 Å². The SMILES string of the molecule is CCCS(=O)(=O)C1CCC(CNC(=O)c2ccc(C(F)(F)F)cc2Cl)(CC2CC2)CC1. The number of carbonyl (C=O) groups excluding carboxylic acids is 1. The standard InChI is InChI=1S/C22H29ClF3NO3S/c1-2-11-31(29,30)17-7-9-21(10-8-17,13-15-3-4-15)14-27-20(28)18-6-5-16(12-19(18)23)22(24,25)26/h5-6,12,15,17H,2-4,7-11,13-14H2,1H3,(H,27,28). The number of amides is 1. The van der Waals surface area contributed by atoms with Crippen LogP contribution in [0, 0.1) is 11.3 Å². The van der Waals surface area contributed by atoms with Gasteiger partial charge in [-0.3, -0.25) is 4.79 Å². The van der Waals surface area contributed by atoms with E-state index in [1.807, 2.05) is 6.92 Å². The second-order valence-corrected chi connectivity index (χ2v) is 11.9. The number of carbonyl (C=O) groups is 1. The fourth-order valence-corrected chi connectivity index (χ4v) is 6.76. The lowest BCUT2D eigenvalue weighted by Crippen LogP contribution is -2.43. The molecule has 2 aliphatic carbocycles. The van der Waals surface area contributed by atoms with Gasteiger partial charge in [0.15, 0.2) is 9.84 Å². The zero-order chi connectivity index (χ0) is 22.9. The molecule has 31 heavy (non-hydrogen) atoms. The van der Waals surface area contributed by atoms with Crippen LogP contribution in [0.3, 0.4) is 0 Å². The van der Waals surface area contributed by atoms with Gasteiger partial charge in [0, 0.05) is 6.54 Å². The van der Waals surface area contributed by atoms with E-state index in [4.69, 9.17) is 11.6 Å². The number of halogens is 4.